The highest BCUT2D eigenvalue weighted by atomic mass is 32.2. The van der Waals surface area contributed by atoms with E-state index >= 15 is 0 Å². The molecule has 0 heterocycles. The van der Waals surface area contributed by atoms with Crippen molar-refractivity contribution in [1.29, 1.82) is 0 Å². The van der Waals surface area contributed by atoms with Gasteiger partial charge in [0.2, 0.25) is 0 Å². The molecule has 3 aromatic rings. The number of hydrogen-bond donors (Lipinski definition) is 1. The summed E-state index contributed by atoms with van der Waals surface area (Å²) in [6.45, 7) is 5.41. The van der Waals surface area contributed by atoms with Crippen LogP contribution in [0.5, 0.6) is 0 Å². The van der Waals surface area contributed by atoms with Gasteiger partial charge in [-0.15, -0.1) is 0 Å². The van der Waals surface area contributed by atoms with Crippen LogP contribution < -0.4 is 5.32 Å². The molecule has 0 bridgehead atoms. The van der Waals surface area contributed by atoms with Crippen molar-refractivity contribution in [3.05, 3.63) is 95.9 Å². The SMILES string of the molecule is C=C(C)C(=O)NC(=CSc1ccc2ccccc2c1)c1ccccc1. The fourth-order valence-corrected chi connectivity index (χ4v) is 3.17. The second-order valence-electron chi connectivity index (χ2n) is 5.76. The van der Waals surface area contributed by atoms with E-state index in [0.29, 0.717) is 5.57 Å². The molecule has 0 aliphatic rings. The first kappa shape index (κ1) is 17.1. The third-order valence-corrected chi connectivity index (χ3v) is 4.63. The van der Waals surface area contributed by atoms with Gasteiger partial charge in [-0.3, -0.25) is 4.79 Å². The summed E-state index contributed by atoms with van der Waals surface area (Å²) in [5.74, 6) is -0.172. The van der Waals surface area contributed by atoms with E-state index in [4.69, 9.17) is 0 Å². The largest absolute Gasteiger partial charge is 0.321 e. The van der Waals surface area contributed by atoms with Crippen LogP contribution in [0.2, 0.25) is 0 Å². The molecule has 2 nitrogen and oxygen atoms in total. The lowest BCUT2D eigenvalue weighted by molar-refractivity contribution is -0.116. The van der Waals surface area contributed by atoms with Crippen molar-refractivity contribution in [2.24, 2.45) is 0 Å². The molecule has 124 valence electrons. The molecular weight excluding hydrogens is 326 g/mol. The molecule has 0 saturated carbocycles. The van der Waals surface area contributed by atoms with E-state index in [2.05, 4.69) is 42.2 Å². The summed E-state index contributed by atoms with van der Waals surface area (Å²) in [5.41, 5.74) is 2.22. The van der Waals surface area contributed by atoms with Crippen molar-refractivity contribution >= 4 is 34.1 Å². The van der Waals surface area contributed by atoms with Gasteiger partial charge < -0.3 is 5.32 Å². The number of fused-ring (bicyclic) bond motifs is 1. The minimum atomic E-state index is -0.172. The summed E-state index contributed by atoms with van der Waals surface area (Å²) in [4.78, 5) is 13.2. The Bertz CT molecular complexity index is 944. The summed E-state index contributed by atoms with van der Waals surface area (Å²) in [7, 11) is 0. The monoisotopic (exact) mass is 345 g/mol. The highest BCUT2D eigenvalue weighted by molar-refractivity contribution is 8.02. The first-order valence-electron chi connectivity index (χ1n) is 8.01. The first-order chi connectivity index (χ1) is 12.1. The topological polar surface area (TPSA) is 29.1 Å². The van der Waals surface area contributed by atoms with Gasteiger partial charge in [0.05, 0.1) is 5.70 Å². The van der Waals surface area contributed by atoms with E-state index in [-0.39, 0.29) is 5.91 Å². The zero-order chi connectivity index (χ0) is 17.6. The summed E-state index contributed by atoms with van der Waals surface area (Å²) in [6.07, 6.45) is 0. The van der Waals surface area contributed by atoms with Crippen LogP contribution in [-0.4, -0.2) is 5.91 Å². The number of carbonyl (C=O) groups excluding carboxylic acids is 1. The van der Waals surface area contributed by atoms with Crippen molar-refractivity contribution in [3.8, 4) is 0 Å². The van der Waals surface area contributed by atoms with Crippen LogP contribution in [0.1, 0.15) is 12.5 Å². The highest BCUT2D eigenvalue weighted by Gasteiger charge is 2.07. The van der Waals surface area contributed by atoms with Crippen molar-refractivity contribution in [2.75, 3.05) is 0 Å². The Morgan fingerprint density at radius 2 is 1.64 bits per heavy atom. The first-order valence-corrected chi connectivity index (χ1v) is 8.89. The number of nitrogens with one attached hydrogen (secondary N) is 1. The molecule has 0 radical (unpaired) electrons. The van der Waals surface area contributed by atoms with Gasteiger partial charge in [0.15, 0.2) is 0 Å². The van der Waals surface area contributed by atoms with Crippen molar-refractivity contribution < 1.29 is 4.79 Å². The Labute approximate surface area is 152 Å². The van der Waals surface area contributed by atoms with Crippen LogP contribution in [-0.2, 0) is 4.79 Å². The lowest BCUT2D eigenvalue weighted by Gasteiger charge is -2.10. The molecule has 25 heavy (non-hydrogen) atoms. The fraction of sp³-hybridized carbons (Fsp3) is 0.0455. The van der Waals surface area contributed by atoms with Crippen LogP contribution in [0.25, 0.3) is 16.5 Å². The van der Waals surface area contributed by atoms with Crippen LogP contribution in [0.15, 0.2) is 95.3 Å². The normalized spacial score (nSPS) is 11.3. The van der Waals surface area contributed by atoms with Gasteiger partial charge in [0.1, 0.15) is 0 Å². The smallest absolute Gasteiger partial charge is 0.250 e. The summed E-state index contributed by atoms with van der Waals surface area (Å²) in [5, 5.41) is 7.33. The molecule has 1 amide bonds. The molecule has 3 heteroatoms. The van der Waals surface area contributed by atoms with Crippen LogP contribution in [0.4, 0.5) is 0 Å². The van der Waals surface area contributed by atoms with E-state index < -0.39 is 0 Å². The van der Waals surface area contributed by atoms with E-state index in [0.717, 1.165) is 16.2 Å². The van der Waals surface area contributed by atoms with Gasteiger partial charge in [-0.25, -0.2) is 0 Å². The van der Waals surface area contributed by atoms with E-state index in [9.17, 15) is 4.79 Å². The van der Waals surface area contributed by atoms with Crippen LogP contribution in [0, 0.1) is 0 Å². The van der Waals surface area contributed by atoms with Gasteiger partial charge in [-0.1, -0.05) is 79.0 Å². The highest BCUT2D eigenvalue weighted by Crippen LogP contribution is 2.27. The van der Waals surface area contributed by atoms with Gasteiger partial charge in [-0.05, 0) is 35.4 Å². The number of hydrogen-bond acceptors (Lipinski definition) is 2. The second kappa shape index (κ2) is 7.86. The van der Waals surface area contributed by atoms with Gasteiger partial charge in [-0.2, -0.15) is 0 Å². The van der Waals surface area contributed by atoms with E-state index in [1.807, 2.05) is 47.9 Å². The molecule has 0 fully saturated rings. The zero-order valence-electron chi connectivity index (χ0n) is 14.0. The molecule has 0 atom stereocenters. The van der Waals surface area contributed by atoms with E-state index in [1.54, 1.807) is 18.7 Å². The zero-order valence-corrected chi connectivity index (χ0v) is 14.8. The number of carbonyl (C=O) groups is 1. The Kier molecular flexibility index (Phi) is 5.36. The molecule has 3 rings (SSSR count). The second-order valence-corrected chi connectivity index (χ2v) is 6.70. The van der Waals surface area contributed by atoms with Crippen LogP contribution in [0.3, 0.4) is 0 Å². The molecule has 3 aromatic carbocycles. The summed E-state index contributed by atoms with van der Waals surface area (Å²) < 4.78 is 0. The molecule has 0 aromatic heterocycles. The Hall–Kier alpha value is -2.78. The van der Waals surface area contributed by atoms with Crippen molar-refractivity contribution in [2.45, 2.75) is 11.8 Å². The fourth-order valence-electron chi connectivity index (χ4n) is 2.38. The Morgan fingerprint density at radius 1 is 0.960 bits per heavy atom. The molecule has 1 N–H and O–H groups in total. The molecular formula is C22H19NOS. The number of rotatable bonds is 5. The van der Waals surface area contributed by atoms with Gasteiger partial charge in [0, 0.05) is 15.9 Å². The maximum absolute atomic E-state index is 12.1. The molecule has 0 spiro atoms. The summed E-state index contributed by atoms with van der Waals surface area (Å²) >= 11 is 1.59. The molecule has 0 aliphatic carbocycles. The minimum Gasteiger partial charge on any atom is -0.321 e. The van der Waals surface area contributed by atoms with Gasteiger partial charge in [0.25, 0.3) is 5.91 Å². The van der Waals surface area contributed by atoms with Crippen molar-refractivity contribution in [1.82, 2.24) is 5.32 Å². The van der Waals surface area contributed by atoms with Crippen LogP contribution >= 0.6 is 11.8 Å². The number of thioether (sulfide) groups is 1. The third-order valence-electron chi connectivity index (χ3n) is 3.75. The molecule has 0 unspecified atom stereocenters. The number of amides is 1. The number of benzene rings is 3. The van der Waals surface area contributed by atoms with E-state index in [1.165, 1.54) is 10.8 Å². The Balaban J connectivity index is 1.88. The third kappa shape index (κ3) is 4.40. The molecule has 0 saturated heterocycles. The average Bonchev–Trinajstić information content (AvgIpc) is 2.65. The lowest BCUT2D eigenvalue weighted by atomic mass is 10.1. The Morgan fingerprint density at radius 3 is 2.36 bits per heavy atom. The maximum Gasteiger partial charge on any atom is 0.250 e. The maximum atomic E-state index is 12.1. The minimum absolute atomic E-state index is 0.172. The summed E-state index contributed by atoms with van der Waals surface area (Å²) in [6, 6.07) is 24.5. The molecule has 0 aliphatic heterocycles. The predicted octanol–water partition coefficient (Wildman–Crippen LogP) is 5.62. The van der Waals surface area contributed by atoms with Gasteiger partial charge >= 0.3 is 0 Å². The average molecular weight is 345 g/mol. The lowest BCUT2D eigenvalue weighted by Crippen LogP contribution is -2.22. The standard InChI is InChI=1S/C22H19NOS/c1-16(2)22(24)23-21(18-9-4-3-5-10-18)15-25-20-13-12-17-8-6-7-11-19(17)14-20/h3-15H,1H2,2H3,(H,23,24). The quantitative estimate of drug-likeness (QED) is 0.480. The van der Waals surface area contributed by atoms with Crippen molar-refractivity contribution in [3.63, 3.8) is 0 Å². The predicted molar refractivity (Wildman–Crippen MR) is 107 cm³/mol.